The number of halogens is 1. The van der Waals surface area contributed by atoms with Gasteiger partial charge in [0.2, 0.25) is 5.82 Å². The van der Waals surface area contributed by atoms with Crippen molar-refractivity contribution in [2.24, 2.45) is 7.05 Å². The zero-order chi connectivity index (χ0) is 29.7. The largest absolute Gasteiger partial charge is 0.453 e. The SMILES string of the molecule is CCn1c(=O)c2cc(C)cc(C(C)Nc3ccc(Cl)nc3-c3ncn(C)n3)c2c2cnn(C3CCN(C(=O)OC)C3)c21. The summed E-state index contributed by atoms with van der Waals surface area (Å²) in [5.74, 6) is 0.455. The lowest BCUT2D eigenvalue weighted by Crippen LogP contribution is -2.29. The summed E-state index contributed by atoms with van der Waals surface area (Å²) in [4.78, 5) is 36.7. The van der Waals surface area contributed by atoms with Crippen LogP contribution in [0.1, 0.15) is 43.5 Å². The number of amides is 1. The number of hydrogen-bond donors (Lipinski definition) is 1. The molecule has 0 radical (unpaired) electrons. The van der Waals surface area contributed by atoms with Crippen molar-refractivity contribution in [1.82, 2.24) is 39.0 Å². The van der Waals surface area contributed by atoms with Crippen LogP contribution in [0.4, 0.5) is 10.5 Å². The van der Waals surface area contributed by atoms with Crippen molar-refractivity contribution in [3.63, 3.8) is 0 Å². The van der Waals surface area contributed by atoms with Crippen molar-refractivity contribution >= 4 is 45.2 Å². The zero-order valence-corrected chi connectivity index (χ0v) is 24.9. The number of benzene rings is 1. The predicted molar refractivity (Wildman–Crippen MR) is 161 cm³/mol. The van der Waals surface area contributed by atoms with E-state index in [2.05, 4.69) is 26.4 Å². The van der Waals surface area contributed by atoms with Crippen LogP contribution in [0.25, 0.3) is 33.3 Å². The van der Waals surface area contributed by atoms with Crippen LogP contribution in [0.2, 0.25) is 5.15 Å². The van der Waals surface area contributed by atoms with Crippen molar-refractivity contribution in [3.05, 3.63) is 63.4 Å². The Morgan fingerprint density at radius 2 is 2.07 bits per heavy atom. The lowest BCUT2D eigenvalue weighted by Gasteiger charge is -2.22. The summed E-state index contributed by atoms with van der Waals surface area (Å²) >= 11 is 6.25. The van der Waals surface area contributed by atoms with Gasteiger partial charge >= 0.3 is 6.09 Å². The van der Waals surface area contributed by atoms with Gasteiger partial charge in [-0.3, -0.25) is 14.0 Å². The number of aryl methyl sites for hydroxylation is 3. The molecule has 1 amide bonds. The first-order chi connectivity index (χ1) is 20.2. The Balaban J connectivity index is 1.49. The maximum atomic E-state index is 14.0. The van der Waals surface area contributed by atoms with Gasteiger partial charge in [0.1, 0.15) is 22.8 Å². The summed E-state index contributed by atoms with van der Waals surface area (Å²) in [6.07, 6.45) is 3.81. The third-order valence-corrected chi connectivity index (χ3v) is 8.06. The topological polar surface area (TPSA) is 125 Å². The normalized spacial score (nSPS) is 16.0. The van der Waals surface area contributed by atoms with Gasteiger partial charge in [-0.1, -0.05) is 17.7 Å². The minimum atomic E-state index is -0.359. The third kappa shape index (κ3) is 4.65. The number of methoxy groups -OCH3 is 1. The smallest absolute Gasteiger partial charge is 0.409 e. The molecule has 2 unspecified atom stereocenters. The Labute approximate surface area is 246 Å². The van der Waals surface area contributed by atoms with Crippen molar-refractivity contribution in [3.8, 4) is 11.5 Å². The third-order valence-electron chi connectivity index (χ3n) is 7.85. The maximum absolute atomic E-state index is 14.0. The standard InChI is InChI=1S/C29H32ClN9O3/c1-6-38-27-21(13-32-39(27)18-9-10-37(14-18)29(41)42-5)24-19(11-16(2)12-20(24)28(38)40)17(3)33-22-7-8-23(30)34-25(22)26-31-15-36(4)35-26/h7-8,11-13,15,17-18,33H,6,9-10,14H2,1-5H3. The lowest BCUT2D eigenvalue weighted by atomic mass is 9.95. The van der Waals surface area contributed by atoms with Gasteiger partial charge in [-0.25, -0.2) is 19.4 Å². The summed E-state index contributed by atoms with van der Waals surface area (Å²) in [6, 6.07) is 7.32. The van der Waals surface area contributed by atoms with Gasteiger partial charge in [0, 0.05) is 48.9 Å². The fraction of sp³-hybridized carbons (Fsp3) is 0.379. The van der Waals surface area contributed by atoms with E-state index in [1.54, 1.807) is 33.6 Å². The molecule has 0 bridgehead atoms. The molecular weight excluding hydrogens is 558 g/mol. The van der Waals surface area contributed by atoms with Crippen LogP contribution in [-0.4, -0.2) is 65.3 Å². The van der Waals surface area contributed by atoms with E-state index in [0.717, 1.165) is 33.2 Å². The van der Waals surface area contributed by atoms with Gasteiger partial charge in [0.25, 0.3) is 5.56 Å². The number of likely N-dealkylation sites (tertiary alicyclic amines) is 1. The Bertz CT molecular complexity index is 1890. The molecule has 12 nitrogen and oxygen atoms in total. The Morgan fingerprint density at radius 3 is 2.79 bits per heavy atom. The molecule has 218 valence electrons. The second-order valence-electron chi connectivity index (χ2n) is 10.6. The van der Waals surface area contributed by atoms with Crippen LogP contribution in [0.5, 0.6) is 0 Å². The summed E-state index contributed by atoms with van der Waals surface area (Å²) in [5.41, 5.74) is 3.85. The molecule has 0 spiro atoms. The molecule has 5 heterocycles. The highest BCUT2D eigenvalue weighted by atomic mass is 35.5. The summed E-state index contributed by atoms with van der Waals surface area (Å²) in [6.45, 7) is 7.51. The molecule has 2 atom stereocenters. The van der Waals surface area contributed by atoms with E-state index in [1.807, 2.05) is 43.8 Å². The van der Waals surface area contributed by atoms with Gasteiger partial charge in [0.15, 0.2) is 0 Å². The number of hydrogen-bond acceptors (Lipinski definition) is 8. The number of carbonyl (C=O) groups is 1. The van der Waals surface area contributed by atoms with Crippen molar-refractivity contribution < 1.29 is 9.53 Å². The average molecular weight is 590 g/mol. The molecule has 1 fully saturated rings. The Kier molecular flexibility index (Phi) is 7.09. The molecular formula is C29H32ClN9O3. The van der Waals surface area contributed by atoms with Crippen LogP contribution in [-0.2, 0) is 18.3 Å². The summed E-state index contributed by atoms with van der Waals surface area (Å²) < 4.78 is 10.2. The molecule has 6 rings (SSSR count). The summed E-state index contributed by atoms with van der Waals surface area (Å²) in [5, 5.41) is 15.5. The molecule has 42 heavy (non-hydrogen) atoms. The van der Waals surface area contributed by atoms with Crippen LogP contribution in [0.3, 0.4) is 0 Å². The van der Waals surface area contributed by atoms with E-state index < -0.39 is 0 Å². The highest BCUT2D eigenvalue weighted by Crippen LogP contribution is 2.36. The number of ether oxygens (including phenoxy) is 1. The first kappa shape index (κ1) is 27.7. The lowest BCUT2D eigenvalue weighted by molar-refractivity contribution is 0.131. The Hall–Kier alpha value is -4.45. The van der Waals surface area contributed by atoms with E-state index in [9.17, 15) is 9.59 Å². The molecule has 13 heteroatoms. The van der Waals surface area contributed by atoms with E-state index >= 15 is 0 Å². The van der Waals surface area contributed by atoms with Gasteiger partial charge in [-0.05, 0) is 56.5 Å². The highest BCUT2D eigenvalue weighted by molar-refractivity contribution is 6.29. The molecule has 1 aromatic carbocycles. The van der Waals surface area contributed by atoms with Crippen molar-refractivity contribution in [2.75, 3.05) is 25.5 Å². The fourth-order valence-corrected chi connectivity index (χ4v) is 6.09. The number of nitrogens with zero attached hydrogens (tertiary/aromatic N) is 8. The van der Waals surface area contributed by atoms with Crippen molar-refractivity contribution in [2.45, 2.75) is 45.8 Å². The first-order valence-corrected chi connectivity index (χ1v) is 14.2. The number of carbonyl (C=O) groups excluding carboxylic acids is 1. The molecule has 4 aromatic heterocycles. The highest BCUT2D eigenvalue weighted by Gasteiger charge is 2.31. The average Bonchev–Trinajstić information content (AvgIpc) is 3.73. The number of aromatic nitrogens is 7. The quantitative estimate of drug-likeness (QED) is 0.282. The zero-order valence-electron chi connectivity index (χ0n) is 24.1. The second-order valence-corrected chi connectivity index (χ2v) is 11.0. The van der Waals surface area contributed by atoms with E-state index in [-0.39, 0.29) is 23.7 Å². The van der Waals surface area contributed by atoms with Gasteiger partial charge in [-0.15, -0.1) is 5.10 Å². The minimum Gasteiger partial charge on any atom is -0.453 e. The van der Waals surface area contributed by atoms with Crippen LogP contribution >= 0.6 is 11.6 Å². The monoisotopic (exact) mass is 589 g/mol. The molecule has 0 saturated carbocycles. The number of fused-ring (bicyclic) bond motifs is 3. The van der Waals surface area contributed by atoms with Crippen molar-refractivity contribution in [1.29, 1.82) is 0 Å². The molecule has 1 aliphatic rings. The molecule has 1 N–H and O–H groups in total. The van der Waals surface area contributed by atoms with Crippen LogP contribution < -0.4 is 10.9 Å². The first-order valence-electron chi connectivity index (χ1n) is 13.9. The second kappa shape index (κ2) is 10.8. The fourth-order valence-electron chi connectivity index (χ4n) is 5.95. The molecule has 1 aliphatic heterocycles. The Morgan fingerprint density at radius 1 is 1.26 bits per heavy atom. The molecule has 0 aliphatic carbocycles. The number of nitrogens with one attached hydrogen (secondary N) is 1. The van der Waals surface area contributed by atoms with E-state index in [0.29, 0.717) is 48.1 Å². The van der Waals surface area contributed by atoms with E-state index in [4.69, 9.17) is 21.4 Å². The maximum Gasteiger partial charge on any atom is 0.409 e. The van der Waals surface area contributed by atoms with E-state index in [1.165, 1.54) is 7.11 Å². The van der Waals surface area contributed by atoms with Gasteiger partial charge in [0.05, 0.1) is 25.0 Å². The number of anilines is 1. The summed E-state index contributed by atoms with van der Waals surface area (Å²) in [7, 11) is 3.18. The predicted octanol–water partition coefficient (Wildman–Crippen LogP) is 4.71. The minimum absolute atomic E-state index is 0.0748. The van der Waals surface area contributed by atoms with Gasteiger partial charge < -0.3 is 15.0 Å². The number of pyridine rings is 2. The van der Waals surface area contributed by atoms with Gasteiger partial charge in [-0.2, -0.15) is 5.10 Å². The number of rotatable bonds is 6. The van der Waals surface area contributed by atoms with Crippen LogP contribution in [0.15, 0.2) is 41.6 Å². The molecule has 1 saturated heterocycles. The molecule has 5 aromatic rings. The van der Waals surface area contributed by atoms with Crippen LogP contribution in [0, 0.1) is 6.92 Å².